The van der Waals surface area contributed by atoms with E-state index in [1.165, 1.54) is 40.7 Å². The van der Waals surface area contributed by atoms with Crippen LogP contribution in [0.3, 0.4) is 0 Å². The molecule has 0 N–H and O–H groups in total. The van der Waals surface area contributed by atoms with Crippen LogP contribution < -0.4 is 4.74 Å². The van der Waals surface area contributed by atoms with E-state index < -0.39 is 23.7 Å². The molecule has 0 fully saturated rings. The van der Waals surface area contributed by atoms with Gasteiger partial charge in [0.05, 0.1) is 16.5 Å². The molecule has 38 heavy (non-hydrogen) atoms. The standard InChI is InChI=1S/C29H27ClFN3O4/c1-32(2)28(36)34-17-22(26-24(34)6-5-7-25(26)38-29(37)33(3)4)27(35)21-13-12-20(23(31)15-21)14-18-8-10-19(16-30)11-9-18/h5-13,15,17H,14,16H2,1-4H3. The summed E-state index contributed by atoms with van der Waals surface area (Å²) in [6.45, 7) is 0. The normalized spacial score (nSPS) is 10.9. The van der Waals surface area contributed by atoms with Gasteiger partial charge in [0.15, 0.2) is 5.78 Å². The number of halogens is 2. The van der Waals surface area contributed by atoms with Crippen LogP contribution in [0.5, 0.6) is 5.75 Å². The highest BCUT2D eigenvalue weighted by Crippen LogP contribution is 2.33. The van der Waals surface area contributed by atoms with Crippen molar-refractivity contribution in [3.05, 3.63) is 100 Å². The SMILES string of the molecule is CN(C)C(=O)Oc1cccc2c1c(C(=O)c1ccc(Cc3ccc(CCl)cc3)c(F)c1)cn2C(=O)N(C)C. The van der Waals surface area contributed by atoms with Gasteiger partial charge in [-0.2, -0.15) is 0 Å². The van der Waals surface area contributed by atoms with E-state index in [-0.39, 0.29) is 22.3 Å². The third-order valence-electron chi connectivity index (χ3n) is 6.07. The maximum atomic E-state index is 15.1. The predicted molar refractivity (Wildman–Crippen MR) is 145 cm³/mol. The molecule has 9 heteroatoms. The van der Waals surface area contributed by atoms with Gasteiger partial charge in [0.25, 0.3) is 0 Å². The Balaban J connectivity index is 1.75. The molecule has 3 aromatic carbocycles. The van der Waals surface area contributed by atoms with Crippen LogP contribution in [0.1, 0.15) is 32.6 Å². The second-order valence-corrected chi connectivity index (χ2v) is 9.53. The van der Waals surface area contributed by atoms with Gasteiger partial charge < -0.3 is 14.5 Å². The quantitative estimate of drug-likeness (QED) is 0.226. The van der Waals surface area contributed by atoms with Crippen molar-refractivity contribution in [2.24, 2.45) is 0 Å². The lowest BCUT2D eigenvalue weighted by Gasteiger charge is -2.13. The molecule has 4 aromatic rings. The highest BCUT2D eigenvalue weighted by Gasteiger charge is 2.25. The van der Waals surface area contributed by atoms with Crippen LogP contribution in [-0.2, 0) is 12.3 Å². The van der Waals surface area contributed by atoms with E-state index in [0.717, 1.165) is 11.1 Å². The molecule has 1 heterocycles. The second kappa shape index (κ2) is 11.1. The summed E-state index contributed by atoms with van der Waals surface area (Å²) in [5.41, 5.74) is 2.92. The van der Waals surface area contributed by atoms with Crippen LogP contribution in [0.4, 0.5) is 14.0 Å². The molecule has 0 atom stereocenters. The lowest BCUT2D eigenvalue weighted by atomic mass is 9.98. The zero-order valence-corrected chi connectivity index (χ0v) is 22.3. The number of hydrogen-bond acceptors (Lipinski definition) is 4. The third kappa shape index (κ3) is 5.40. The summed E-state index contributed by atoms with van der Waals surface area (Å²) in [7, 11) is 6.24. The first-order valence-corrected chi connectivity index (χ1v) is 12.4. The fourth-order valence-corrected chi connectivity index (χ4v) is 4.20. The number of aromatic nitrogens is 1. The maximum Gasteiger partial charge on any atom is 0.414 e. The number of carbonyl (C=O) groups excluding carboxylic acids is 3. The van der Waals surface area contributed by atoms with Crippen LogP contribution in [0.2, 0.25) is 0 Å². The average Bonchev–Trinajstić information content (AvgIpc) is 3.29. The molecule has 1 aromatic heterocycles. The fraction of sp³-hybridized carbons (Fsp3) is 0.207. The van der Waals surface area contributed by atoms with Gasteiger partial charge >= 0.3 is 12.1 Å². The Morgan fingerprint density at radius 3 is 2.21 bits per heavy atom. The Labute approximate surface area is 225 Å². The van der Waals surface area contributed by atoms with Crippen molar-refractivity contribution in [2.45, 2.75) is 12.3 Å². The van der Waals surface area contributed by atoms with Crippen LogP contribution in [0.25, 0.3) is 10.9 Å². The monoisotopic (exact) mass is 535 g/mol. The molecular formula is C29H27ClFN3O4. The van der Waals surface area contributed by atoms with E-state index >= 15 is 4.39 Å². The number of carbonyl (C=O) groups is 3. The van der Waals surface area contributed by atoms with E-state index in [1.807, 2.05) is 24.3 Å². The second-order valence-electron chi connectivity index (χ2n) is 9.26. The molecule has 7 nitrogen and oxygen atoms in total. The first kappa shape index (κ1) is 26.9. The summed E-state index contributed by atoms with van der Waals surface area (Å²) in [4.78, 5) is 41.5. The Morgan fingerprint density at radius 1 is 0.921 bits per heavy atom. The highest BCUT2D eigenvalue weighted by atomic mass is 35.5. The van der Waals surface area contributed by atoms with Crippen molar-refractivity contribution in [3.8, 4) is 5.75 Å². The van der Waals surface area contributed by atoms with Crippen molar-refractivity contribution in [3.63, 3.8) is 0 Å². The van der Waals surface area contributed by atoms with Gasteiger partial charge in [-0.15, -0.1) is 11.6 Å². The smallest absolute Gasteiger partial charge is 0.409 e. The fourth-order valence-electron chi connectivity index (χ4n) is 4.02. The summed E-state index contributed by atoms with van der Waals surface area (Å²) in [6, 6.07) is 16.3. The number of benzene rings is 3. The van der Waals surface area contributed by atoms with Gasteiger partial charge in [0, 0.05) is 52.3 Å². The Hall–Kier alpha value is -4.17. The maximum absolute atomic E-state index is 15.1. The molecule has 0 saturated heterocycles. The summed E-state index contributed by atoms with van der Waals surface area (Å²) < 4.78 is 22.0. The van der Waals surface area contributed by atoms with Crippen molar-refractivity contribution in [1.82, 2.24) is 14.4 Å². The first-order chi connectivity index (χ1) is 18.1. The van der Waals surface area contributed by atoms with Gasteiger partial charge in [0.1, 0.15) is 11.6 Å². The zero-order valence-electron chi connectivity index (χ0n) is 21.5. The largest absolute Gasteiger partial charge is 0.414 e. The molecule has 0 spiro atoms. The molecule has 0 aliphatic heterocycles. The number of hydrogen-bond donors (Lipinski definition) is 0. The molecule has 0 saturated carbocycles. The zero-order chi connectivity index (χ0) is 27.6. The average molecular weight is 536 g/mol. The van der Waals surface area contributed by atoms with E-state index in [1.54, 1.807) is 44.4 Å². The third-order valence-corrected chi connectivity index (χ3v) is 6.38. The van der Waals surface area contributed by atoms with Crippen molar-refractivity contribution >= 4 is 40.4 Å². The number of ketones is 1. The molecule has 0 aliphatic carbocycles. The summed E-state index contributed by atoms with van der Waals surface area (Å²) in [5, 5.41) is 0.284. The summed E-state index contributed by atoms with van der Waals surface area (Å²) in [6.07, 6.45) is 1.11. The molecule has 0 aliphatic rings. The van der Waals surface area contributed by atoms with Gasteiger partial charge in [-0.25, -0.2) is 14.0 Å². The lowest BCUT2D eigenvalue weighted by Crippen LogP contribution is -2.26. The lowest BCUT2D eigenvalue weighted by molar-refractivity contribution is 0.103. The molecule has 0 unspecified atom stereocenters. The van der Waals surface area contributed by atoms with E-state index in [2.05, 4.69) is 0 Å². The molecule has 0 bridgehead atoms. The van der Waals surface area contributed by atoms with Crippen molar-refractivity contribution < 1.29 is 23.5 Å². The van der Waals surface area contributed by atoms with Gasteiger partial charge in [0.2, 0.25) is 0 Å². The van der Waals surface area contributed by atoms with E-state index in [0.29, 0.717) is 23.4 Å². The highest BCUT2D eigenvalue weighted by molar-refractivity contribution is 6.19. The number of amides is 2. The van der Waals surface area contributed by atoms with Crippen LogP contribution in [0.15, 0.2) is 66.9 Å². The van der Waals surface area contributed by atoms with Gasteiger partial charge in [-0.05, 0) is 34.9 Å². The Kier molecular flexibility index (Phi) is 7.83. The molecule has 4 rings (SSSR count). The Bertz CT molecular complexity index is 1530. The number of fused-ring (bicyclic) bond motifs is 1. The van der Waals surface area contributed by atoms with Crippen LogP contribution >= 0.6 is 11.6 Å². The minimum absolute atomic E-state index is 0.105. The van der Waals surface area contributed by atoms with Crippen LogP contribution in [0, 0.1) is 5.82 Å². The molecule has 196 valence electrons. The number of nitrogens with zero attached hydrogens (tertiary/aromatic N) is 3. The van der Waals surface area contributed by atoms with Gasteiger partial charge in [-0.1, -0.05) is 42.5 Å². The molecular weight excluding hydrogens is 509 g/mol. The van der Waals surface area contributed by atoms with Gasteiger partial charge in [-0.3, -0.25) is 9.36 Å². The number of alkyl halides is 1. The predicted octanol–water partition coefficient (Wildman–Crippen LogP) is 5.93. The summed E-state index contributed by atoms with van der Waals surface area (Å²) >= 11 is 5.84. The van der Waals surface area contributed by atoms with E-state index in [4.69, 9.17) is 16.3 Å². The topological polar surface area (TPSA) is 71.8 Å². The first-order valence-electron chi connectivity index (χ1n) is 11.8. The van der Waals surface area contributed by atoms with Crippen molar-refractivity contribution in [1.29, 1.82) is 0 Å². The van der Waals surface area contributed by atoms with Crippen LogP contribution in [-0.4, -0.2) is 60.5 Å². The van der Waals surface area contributed by atoms with Crippen molar-refractivity contribution in [2.75, 3.05) is 28.2 Å². The minimum Gasteiger partial charge on any atom is -0.409 e. The molecule has 2 amide bonds. The summed E-state index contributed by atoms with van der Waals surface area (Å²) in [5.74, 6) is -0.513. The molecule has 0 radical (unpaired) electrons. The number of rotatable bonds is 6. The van der Waals surface area contributed by atoms with E-state index in [9.17, 15) is 14.4 Å². The Morgan fingerprint density at radius 2 is 1.61 bits per heavy atom. The minimum atomic E-state index is -0.642. The number of ether oxygens (including phenoxy) is 1.